The normalized spacial score (nSPS) is 14.2. The van der Waals surface area contributed by atoms with E-state index in [1.54, 1.807) is 10.9 Å². The Balaban J connectivity index is 2.06. The zero-order chi connectivity index (χ0) is 10.3. The van der Waals surface area contributed by atoms with Gasteiger partial charge in [0.15, 0.2) is 5.82 Å². The molecule has 3 heterocycles. The standard InChI is InChI=1S/C10H11N5/c1-15-6-8(4-13-15)10-12-3-7-2-11-5-9(7)14-10/h3-4,6,11H,2,5H2,1H3. The molecule has 76 valence electrons. The molecule has 0 spiro atoms. The lowest BCUT2D eigenvalue weighted by molar-refractivity contribution is 0.758. The molecule has 0 atom stereocenters. The average molecular weight is 201 g/mol. The number of aromatic nitrogens is 4. The number of nitrogens with one attached hydrogen (secondary N) is 1. The summed E-state index contributed by atoms with van der Waals surface area (Å²) in [5.41, 5.74) is 3.26. The second-order valence-corrected chi connectivity index (χ2v) is 3.67. The third kappa shape index (κ3) is 1.41. The van der Waals surface area contributed by atoms with E-state index in [-0.39, 0.29) is 0 Å². The molecule has 1 aliphatic rings. The first-order valence-corrected chi connectivity index (χ1v) is 4.87. The van der Waals surface area contributed by atoms with Crippen molar-refractivity contribution >= 4 is 0 Å². The van der Waals surface area contributed by atoms with Gasteiger partial charge in [-0.15, -0.1) is 0 Å². The maximum Gasteiger partial charge on any atom is 0.162 e. The van der Waals surface area contributed by atoms with Crippen molar-refractivity contribution < 1.29 is 0 Å². The van der Waals surface area contributed by atoms with Crippen LogP contribution in [0.3, 0.4) is 0 Å². The molecule has 0 bridgehead atoms. The Bertz CT molecular complexity index is 502. The number of fused-ring (bicyclic) bond motifs is 1. The smallest absolute Gasteiger partial charge is 0.162 e. The highest BCUT2D eigenvalue weighted by Crippen LogP contribution is 2.17. The molecule has 0 saturated carbocycles. The van der Waals surface area contributed by atoms with Gasteiger partial charge in [0.05, 0.1) is 17.5 Å². The van der Waals surface area contributed by atoms with Crippen LogP contribution >= 0.6 is 0 Å². The first-order chi connectivity index (χ1) is 7.33. The molecule has 0 aliphatic carbocycles. The first-order valence-electron chi connectivity index (χ1n) is 4.87. The van der Waals surface area contributed by atoms with E-state index in [0.29, 0.717) is 0 Å². The van der Waals surface area contributed by atoms with Crippen LogP contribution in [-0.2, 0) is 20.1 Å². The lowest BCUT2D eigenvalue weighted by Gasteiger charge is -1.99. The second-order valence-electron chi connectivity index (χ2n) is 3.67. The molecular formula is C10H11N5. The van der Waals surface area contributed by atoms with Crippen molar-refractivity contribution in [1.29, 1.82) is 0 Å². The molecule has 1 aliphatic heterocycles. The van der Waals surface area contributed by atoms with Gasteiger partial charge in [-0.25, -0.2) is 9.97 Å². The van der Waals surface area contributed by atoms with E-state index < -0.39 is 0 Å². The molecule has 0 unspecified atom stereocenters. The van der Waals surface area contributed by atoms with Crippen molar-refractivity contribution in [3.8, 4) is 11.4 Å². The molecule has 2 aromatic rings. The summed E-state index contributed by atoms with van der Waals surface area (Å²) in [7, 11) is 1.89. The Kier molecular flexibility index (Phi) is 1.78. The van der Waals surface area contributed by atoms with E-state index in [1.807, 2.05) is 19.4 Å². The SMILES string of the molecule is Cn1cc(-c2ncc3c(n2)CNC3)cn1. The quantitative estimate of drug-likeness (QED) is 0.729. The summed E-state index contributed by atoms with van der Waals surface area (Å²) in [5.74, 6) is 0.755. The zero-order valence-corrected chi connectivity index (χ0v) is 8.44. The Labute approximate surface area is 87.2 Å². The Morgan fingerprint density at radius 2 is 2.27 bits per heavy atom. The van der Waals surface area contributed by atoms with Crippen LogP contribution in [0.4, 0.5) is 0 Å². The van der Waals surface area contributed by atoms with Gasteiger partial charge < -0.3 is 5.32 Å². The van der Waals surface area contributed by atoms with Gasteiger partial charge in [-0.05, 0) is 0 Å². The van der Waals surface area contributed by atoms with Gasteiger partial charge in [-0.3, -0.25) is 4.68 Å². The lowest BCUT2D eigenvalue weighted by atomic mass is 10.2. The van der Waals surface area contributed by atoms with E-state index in [1.165, 1.54) is 5.56 Å². The minimum absolute atomic E-state index is 0.755. The Morgan fingerprint density at radius 3 is 3.07 bits per heavy atom. The summed E-state index contributed by atoms with van der Waals surface area (Å²) in [6.07, 6.45) is 5.60. The van der Waals surface area contributed by atoms with Gasteiger partial charge in [0.2, 0.25) is 0 Å². The maximum atomic E-state index is 4.51. The predicted molar refractivity (Wildman–Crippen MR) is 54.8 cm³/mol. The first kappa shape index (κ1) is 8.55. The Hall–Kier alpha value is -1.75. The van der Waals surface area contributed by atoms with Gasteiger partial charge in [-0.1, -0.05) is 0 Å². The topological polar surface area (TPSA) is 55.6 Å². The van der Waals surface area contributed by atoms with E-state index >= 15 is 0 Å². The Morgan fingerprint density at radius 1 is 1.33 bits per heavy atom. The van der Waals surface area contributed by atoms with Crippen molar-refractivity contribution in [3.05, 3.63) is 29.8 Å². The summed E-state index contributed by atoms with van der Waals surface area (Å²) >= 11 is 0. The van der Waals surface area contributed by atoms with Crippen molar-refractivity contribution in [3.63, 3.8) is 0 Å². The number of rotatable bonds is 1. The third-order valence-electron chi connectivity index (χ3n) is 2.53. The van der Waals surface area contributed by atoms with Crippen molar-refractivity contribution in [2.45, 2.75) is 13.1 Å². The number of hydrogen-bond donors (Lipinski definition) is 1. The van der Waals surface area contributed by atoms with Crippen LogP contribution in [0.2, 0.25) is 0 Å². The van der Waals surface area contributed by atoms with E-state index in [0.717, 1.165) is 30.2 Å². The van der Waals surface area contributed by atoms with Gasteiger partial charge >= 0.3 is 0 Å². The molecule has 0 saturated heterocycles. The van der Waals surface area contributed by atoms with Crippen LogP contribution in [0.5, 0.6) is 0 Å². The van der Waals surface area contributed by atoms with Crippen LogP contribution in [0.1, 0.15) is 11.3 Å². The van der Waals surface area contributed by atoms with Crippen LogP contribution in [-0.4, -0.2) is 19.7 Å². The highest BCUT2D eigenvalue weighted by Gasteiger charge is 2.13. The fourth-order valence-electron chi connectivity index (χ4n) is 1.73. The summed E-state index contributed by atoms with van der Waals surface area (Å²) in [5, 5.41) is 7.36. The molecule has 2 aromatic heterocycles. The summed E-state index contributed by atoms with van der Waals surface area (Å²) in [4.78, 5) is 8.84. The molecule has 15 heavy (non-hydrogen) atoms. The molecule has 1 N–H and O–H groups in total. The van der Waals surface area contributed by atoms with Crippen molar-refractivity contribution in [2.75, 3.05) is 0 Å². The number of hydrogen-bond acceptors (Lipinski definition) is 4. The van der Waals surface area contributed by atoms with Gasteiger partial charge in [0, 0.05) is 38.1 Å². The zero-order valence-electron chi connectivity index (χ0n) is 8.44. The summed E-state index contributed by atoms with van der Waals surface area (Å²) < 4.78 is 1.75. The molecule has 3 rings (SSSR count). The molecule has 0 radical (unpaired) electrons. The maximum absolute atomic E-state index is 4.51. The fourth-order valence-corrected chi connectivity index (χ4v) is 1.73. The molecule has 0 amide bonds. The molecular weight excluding hydrogens is 190 g/mol. The monoisotopic (exact) mass is 201 g/mol. The van der Waals surface area contributed by atoms with Crippen LogP contribution in [0, 0.1) is 0 Å². The van der Waals surface area contributed by atoms with Crippen molar-refractivity contribution in [1.82, 2.24) is 25.1 Å². The molecule has 0 aromatic carbocycles. The van der Waals surface area contributed by atoms with Crippen LogP contribution in [0.25, 0.3) is 11.4 Å². The van der Waals surface area contributed by atoms with Gasteiger partial charge in [0.1, 0.15) is 0 Å². The van der Waals surface area contributed by atoms with Crippen LogP contribution < -0.4 is 5.32 Å². The minimum atomic E-state index is 0.755. The highest BCUT2D eigenvalue weighted by atomic mass is 15.2. The molecule has 5 heteroatoms. The van der Waals surface area contributed by atoms with E-state index in [4.69, 9.17) is 0 Å². The van der Waals surface area contributed by atoms with Crippen LogP contribution in [0.15, 0.2) is 18.6 Å². The van der Waals surface area contributed by atoms with Crippen molar-refractivity contribution in [2.24, 2.45) is 7.05 Å². The van der Waals surface area contributed by atoms with E-state index in [2.05, 4.69) is 20.4 Å². The summed E-state index contributed by atoms with van der Waals surface area (Å²) in [6, 6.07) is 0. The van der Waals surface area contributed by atoms with Gasteiger partial charge in [-0.2, -0.15) is 5.10 Å². The minimum Gasteiger partial charge on any atom is -0.307 e. The highest BCUT2D eigenvalue weighted by molar-refractivity contribution is 5.52. The molecule has 0 fully saturated rings. The number of nitrogens with zero attached hydrogens (tertiary/aromatic N) is 4. The summed E-state index contributed by atoms with van der Waals surface area (Å²) in [6.45, 7) is 1.72. The third-order valence-corrected chi connectivity index (χ3v) is 2.53. The lowest BCUT2D eigenvalue weighted by Crippen LogP contribution is -2.00. The largest absolute Gasteiger partial charge is 0.307 e. The molecule has 5 nitrogen and oxygen atoms in total. The average Bonchev–Trinajstić information content (AvgIpc) is 2.84. The number of aryl methyl sites for hydroxylation is 1. The second kappa shape index (κ2) is 3.13. The fraction of sp³-hybridized carbons (Fsp3) is 0.300. The predicted octanol–water partition coefficient (Wildman–Crippen LogP) is 0.480. The van der Waals surface area contributed by atoms with Gasteiger partial charge in [0.25, 0.3) is 0 Å². The van der Waals surface area contributed by atoms with E-state index in [9.17, 15) is 0 Å².